The molecule has 0 saturated heterocycles. The van der Waals surface area contributed by atoms with E-state index in [1.807, 2.05) is 0 Å². The maximum absolute atomic E-state index is 12.1. The topological polar surface area (TPSA) is 104 Å². The summed E-state index contributed by atoms with van der Waals surface area (Å²) in [7, 11) is -3.72. The Bertz CT molecular complexity index is 599. The average Bonchev–Trinajstić information content (AvgIpc) is 2.82. The molecule has 0 aliphatic heterocycles. The van der Waals surface area contributed by atoms with E-state index >= 15 is 0 Å². The lowest BCUT2D eigenvalue weighted by Crippen LogP contribution is -2.29. The number of hydrogen-bond donors (Lipinski definition) is 3. The Balaban J connectivity index is 2.06. The number of benzene rings is 1. The van der Waals surface area contributed by atoms with E-state index in [0.717, 1.165) is 12.5 Å². The Morgan fingerprint density at radius 2 is 2.10 bits per heavy atom. The third-order valence-electron chi connectivity index (χ3n) is 3.47. The molecule has 1 aromatic carbocycles. The van der Waals surface area contributed by atoms with Gasteiger partial charge in [0.1, 0.15) is 0 Å². The van der Waals surface area contributed by atoms with Crippen molar-refractivity contribution in [2.75, 3.05) is 6.54 Å². The fourth-order valence-corrected chi connectivity index (χ4v) is 3.50. The number of nitrogens with one attached hydrogen (secondary N) is 1. The van der Waals surface area contributed by atoms with Gasteiger partial charge in [0.25, 0.3) is 0 Å². The van der Waals surface area contributed by atoms with E-state index < -0.39 is 16.0 Å². The Morgan fingerprint density at radius 3 is 2.70 bits per heavy atom. The smallest absolute Gasteiger partial charge is 0.335 e. The Labute approximate surface area is 117 Å². The van der Waals surface area contributed by atoms with Crippen LogP contribution in [0, 0.1) is 5.92 Å². The molecule has 0 bridgehead atoms. The minimum atomic E-state index is -3.72. The molecular weight excluding hydrogens is 282 g/mol. The monoisotopic (exact) mass is 299 g/mol. The van der Waals surface area contributed by atoms with E-state index in [1.165, 1.54) is 18.2 Å². The maximum atomic E-state index is 12.1. The van der Waals surface area contributed by atoms with E-state index in [0.29, 0.717) is 12.8 Å². The number of rotatable bonds is 5. The number of carboxylic acid groups (broad SMARTS) is 1. The van der Waals surface area contributed by atoms with Gasteiger partial charge in [0.2, 0.25) is 10.0 Å². The lowest BCUT2D eigenvalue weighted by molar-refractivity contribution is 0.0696. The number of sulfonamides is 1. The summed E-state index contributed by atoms with van der Waals surface area (Å²) < 4.78 is 26.6. The third kappa shape index (κ3) is 3.56. The van der Waals surface area contributed by atoms with Gasteiger partial charge < -0.3 is 10.2 Å². The van der Waals surface area contributed by atoms with E-state index in [1.54, 1.807) is 0 Å². The molecule has 110 valence electrons. The van der Waals surface area contributed by atoms with Gasteiger partial charge in [-0.05, 0) is 43.4 Å². The molecule has 0 spiro atoms. The molecule has 1 aliphatic rings. The first-order chi connectivity index (χ1) is 9.38. The van der Waals surface area contributed by atoms with Crippen molar-refractivity contribution in [1.82, 2.24) is 4.72 Å². The Morgan fingerprint density at radius 1 is 1.35 bits per heavy atom. The van der Waals surface area contributed by atoms with Gasteiger partial charge in [0.05, 0.1) is 16.6 Å². The van der Waals surface area contributed by atoms with Crippen LogP contribution in [0.25, 0.3) is 0 Å². The van der Waals surface area contributed by atoms with Crippen molar-refractivity contribution in [3.63, 3.8) is 0 Å². The van der Waals surface area contributed by atoms with Crippen molar-refractivity contribution in [3.05, 3.63) is 29.8 Å². The second-order valence-electron chi connectivity index (χ2n) is 5.02. The second kappa shape index (κ2) is 5.90. The molecule has 2 unspecified atom stereocenters. The highest BCUT2D eigenvalue weighted by Crippen LogP contribution is 2.25. The van der Waals surface area contributed by atoms with Gasteiger partial charge >= 0.3 is 5.97 Å². The second-order valence-corrected chi connectivity index (χ2v) is 6.78. The highest BCUT2D eigenvalue weighted by atomic mass is 32.2. The molecule has 1 aliphatic carbocycles. The van der Waals surface area contributed by atoms with E-state index in [2.05, 4.69) is 4.72 Å². The first-order valence-electron chi connectivity index (χ1n) is 6.39. The maximum Gasteiger partial charge on any atom is 0.335 e. The zero-order valence-corrected chi connectivity index (χ0v) is 11.6. The van der Waals surface area contributed by atoms with Crippen LogP contribution in [-0.2, 0) is 10.0 Å². The van der Waals surface area contributed by atoms with Crippen molar-refractivity contribution in [1.29, 1.82) is 0 Å². The van der Waals surface area contributed by atoms with Gasteiger partial charge in [0, 0.05) is 6.54 Å². The van der Waals surface area contributed by atoms with Crippen molar-refractivity contribution < 1.29 is 23.4 Å². The lowest BCUT2D eigenvalue weighted by Gasteiger charge is -2.11. The summed E-state index contributed by atoms with van der Waals surface area (Å²) in [5, 5.41) is 18.3. The Kier molecular flexibility index (Phi) is 4.42. The largest absolute Gasteiger partial charge is 0.478 e. The fraction of sp³-hybridized carbons (Fsp3) is 0.462. The van der Waals surface area contributed by atoms with Crippen molar-refractivity contribution in [2.24, 2.45) is 5.92 Å². The first-order valence-corrected chi connectivity index (χ1v) is 7.88. The molecule has 0 radical (unpaired) electrons. The number of carboxylic acids is 1. The van der Waals surface area contributed by atoms with Crippen LogP contribution in [0.2, 0.25) is 0 Å². The summed E-state index contributed by atoms with van der Waals surface area (Å²) in [4.78, 5) is 10.8. The molecule has 2 rings (SSSR count). The average molecular weight is 299 g/mol. The van der Waals surface area contributed by atoms with Crippen molar-refractivity contribution >= 4 is 16.0 Å². The molecule has 7 heteroatoms. The van der Waals surface area contributed by atoms with Gasteiger partial charge in [-0.15, -0.1) is 0 Å². The quantitative estimate of drug-likeness (QED) is 0.747. The predicted molar refractivity (Wildman–Crippen MR) is 71.9 cm³/mol. The third-order valence-corrected chi connectivity index (χ3v) is 4.89. The molecule has 0 aromatic heterocycles. The van der Waals surface area contributed by atoms with Crippen LogP contribution in [0.1, 0.15) is 29.6 Å². The summed E-state index contributed by atoms with van der Waals surface area (Å²) in [6, 6.07) is 5.23. The molecule has 0 heterocycles. The molecule has 1 aromatic rings. The minimum Gasteiger partial charge on any atom is -0.478 e. The van der Waals surface area contributed by atoms with Crippen LogP contribution in [0.3, 0.4) is 0 Å². The van der Waals surface area contributed by atoms with Crippen molar-refractivity contribution in [2.45, 2.75) is 30.3 Å². The molecule has 1 fully saturated rings. The van der Waals surface area contributed by atoms with Gasteiger partial charge in [-0.2, -0.15) is 0 Å². The molecule has 0 amide bonds. The van der Waals surface area contributed by atoms with Gasteiger partial charge in [-0.3, -0.25) is 0 Å². The highest BCUT2D eigenvalue weighted by Gasteiger charge is 2.25. The van der Waals surface area contributed by atoms with E-state index in [9.17, 15) is 18.3 Å². The van der Waals surface area contributed by atoms with Crippen LogP contribution in [-0.4, -0.2) is 37.2 Å². The van der Waals surface area contributed by atoms with Crippen LogP contribution < -0.4 is 4.72 Å². The highest BCUT2D eigenvalue weighted by molar-refractivity contribution is 7.89. The summed E-state index contributed by atoms with van der Waals surface area (Å²) >= 11 is 0. The molecular formula is C13H17NO5S. The SMILES string of the molecule is O=C(O)c1cccc(S(=O)(=O)NCC2CCC(O)C2)c1. The van der Waals surface area contributed by atoms with Gasteiger partial charge in [-0.1, -0.05) is 6.07 Å². The first kappa shape index (κ1) is 15.0. The summed E-state index contributed by atoms with van der Waals surface area (Å²) in [6.07, 6.45) is 1.73. The summed E-state index contributed by atoms with van der Waals surface area (Å²) in [5.41, 5.74) is -0.0656. The number of aliphatic hydroxyl groups is 1. The standard InChI is InChI=1S/C13H17NO5S/c15-11-5-4-9(6-11)8-14-20(18,19)12-3-1-2-10(7-12)13(16)17/h1-3,7,9,11,14-15H,4-6,8H2,(H,16,17). The number of hydrogen-bond acceptors (Lipinski definition) is 4. The molecule has 6 nitrogen and oxygen atoms in total. The van der Waals surface area contributed by atoms with Crippen LogP contribution in [0.5, 0.6) is 0 Å². The molecule has 20 heavy (non-hydrogen) atoms. The summed E-state index contributed by atoms with van der Waals surface area (Å²) in [5.74, 6) is -1.04. The summed E-state index contributed by atoms with van der Waals surface area (Å²) in [6.45, 7) is 0.261. The fourth-order valence-electron chi connectivity index (χ4n) is 2.34. The van der Waals surface area contributed by atoms with Crippen LogP contribution in [0.15, 0.2) is 29.2 Å². The number of aromatic carboxylic acids is 1. The van der Waals surface area contributed by atoms with Crippen LogP contribution >= 0.6 is 0 Å². The number of carbonyl (C=O) groups is 1. The van der Waals surface area contributed by atoms with E-state index in [4.69, 9.17) is 5.11 Å². The van der Waals surface area contributed by atoms with Gasteiger partial charge in [0.15, 0.2) is 0 Å². The zero-order chi connectivity index (χ0) is 14.8. The Hall–Kier alpha value is -1.44. The normalized spacial score (nSPS) is 22.9. The van der Waals surface area contributed by atoms with Crippen LogP contribution in [0.4, 0.5) is 0 Å². The van der Waals surface area contributed by atoms with Crippen molar-refractivity contribution in [3.8, 4) is 0 Å². The minimum absolute atomic E-state index is 0.0593. The number of aliphatic hydroxyl groups excluding tert-OH is 1. The molecule has 2 atom stereocenters. The molecule has 1 saturated carbocycles. The molecule has 3 N–H and O–H groups in total. The van der Waals surface area contributed by atoms with E-state index in [-0.39, 0.29) is 29.0 Å². The van der Waals surface area contributed by atoms with Gasteiger partial charge in [-0.25, -0.2) is 17.9 Å². The lowest BCUT2D eigenvalue weighted by atomic mass is 10.1. The predicted octanol–water partition coefficient (Wildman–Crippen LogP) is 0.824. The zero-order valence-electron chi connectivity index (χ0n) is 10.8.